The molecular weight excluding hydrogens is 318 g/mol. The molecule has 2 aromatic rings. The average molecular weight is 341 g/mol. The Labute approximate surface area is 147 Å². The second-order valence-corrected chi connectivity index (χ2v) is 6.29. The average Bonchev–Trinajstić information content (AvgIpc) is 3.14. The van der Waals surface area contributed by atoms with Crippen LogP contribution < -0.4 is 10.1 Å². The lowest BCUT2D eigenvalue weighted by molar-refractivity contribution is 0.0679. The number of nitrogens with one attached hydrogen (secondary N) is 1. The van der Waals surface area contributed by atoms with Crippen molar-refractivity contribution in [2.75, 3.05) is 13.2 Å². The Balaban J connectivity index is 1.51. The van der Waals surface area contributed by atoms with Gasteiger partial charge in [-0.2, -0.15) is 0 Å². The first-order chi connectivity index (χ1) is 12.1. The predicted octanol–water partition coefficient (Wildman–Crippen LogP) is 3.19. The molecule has 0 spiro atoms. The first kappa shape index (κ1) is 17.3. The molecule has 1 aliphatic heterocycles. The molecule has 2 aromatic carbocycles. The van der Waals surface area contributed by atoms with Crippen molar-refractivity contribution in [1.82, 2.24) is 5.32 Å². The van der Waals surface area contributed by atoms with Crippen LogP contribution in [0.15, 0.2) is 42.5 Å². The van der Waals surface area contributed by atoms with E-state index in [0.717, 1.165) is 36.3 Å². The second kappa shape index (κ2) is 8.03. The Kier molecular flexibility index (Phi) is 5.56. The highest BCUT2D eigenvalue weighted by atomic mass is 16.5. The van der Waals surface area contributed by atoms with Crippen LogP contribution in [0.4, 0.5) is 0 Å². The second-order valence-electron chi connectivity index (χ2n) is 6.29. The van der Waals surface area contributed by atoms with Gasteiger partial charge >= 0.3 is 0 Å². The Morgan fingerprint density at radius 3 is 2.80 bits per heavy atom. The molecule has 3 rings (SSSR count). The van der Waals surface area contributed by atoms with Crippen LogP contribution in [0.3, 0.4) is 0 Å². The number of carbonyl (C=O) groups is 1. The molecule has 1 unspecified atom stereocenters. The summed E-state index contributed by atoms with van der Waals surface area (Å²) in [5, 5.41) is 12.6. The van der Waals surface area contributed by atoms with E-state index < -0.39 is 0 Å². The van der Waals surface area contributed by atoms with E-state index in [9.17, 15) is 9.90 Å². The lowest BCUT2D eigenvalue weighted by atomic mass is 10.1. The normalized spacial score (nSPS) is 16.6. The zero-order valence-corrected chi connectivity index (χ0v) is 14.3. The quantitative estimate of drug-likeness (QED) is 0.847. The summed E-state index contributed by atoms with van der Waals surface area (Å²) >= 11 is 0. The summed E-state index contributed by atoms with van der Waals surface area (Å²) in [5.74, 6) is 0.489. The molecule has 1 saturated heterocycles. The fourth-order valence-electron chi connectivity index (χ4n) is 2.78. The number of aromatic hydroxyl groups is 1. The molecule has 5 nitrogen and oxygen atoms in total. The zero-order chi connectivity index (χ0) is 17.6. The third-order valence-corrected chi connectivity index (χ3v) is 4.23. The van der Waals surface area contributed by atoms with Crippen molar-refractivity contribution in [3.8, 4) is 11.5 Å². The Morgan fingerprint density at radius 1 is 1.28 bits per heavy atom. The van der Waals surface area contributed by atoms with Crippen molar-refractivity contribution in [1.29, 1.82) is 0 Å². The van der Waals surface area contributed by atoms with Crippen molar-refractivity contribution >= 4 is 5.91 Å². The maximum atomic E-state index is 12.2. The maximum absolute atomic E-state index is 12.2. The number of ether oxygens (including phenoxy) is 2. The molecule has 0 saturated carbocycles. The standard InChI is InChI=1S/C20H23NO4/c1-14-4-9-19(22)18(11-14)20(23)21-12-15-5-7-16(8-6-15)25-13-17-3-2-10-24-17/h4-9,11,17,22H,2-3,10,12-13H2,1H3,(H,21,23). The van der Waals surface area contributed by atoms with Gasteiger partial charge in [-0.1, -0.05) is 23.8 Å². The highest BCUT2D eigenvalue weighted by Gasteiger charge is 2.16. The third-order valence-electron chi connectivity index (χ3n) is 4.23. The first-order valence-electron chi connectivity index (χ1n) is 8.53. The molecule has 5 heteroatoms. The minimum atomic E-state index is -0.292. The molecule has 2 N–H and O–H groups in total. The van der Waals surface area contributed by atoms with Crippen LogP contribution in [0.1, 0.15) is 34.3 Å². The van der Waals surface area contributed by atoms with E-state index in [1.54, 1.807) is 12.1 Å². The molecule has 0 aliphatic carbocycles. The van der Waals surface area contributed by atoms with Gasteiger partial charge in [0.15, 0.2) is 0 Å². The van der Waals surface area contributed by atoms with E-state index >= 15 is 0 Å². The van der Waals surface area contributed by atoms with Crippen LogP contribution in [-0.2, 0) is 11.3 Å². The minimum Gasteiger partial charge on any atom is -0.507 e. The third kappa shape index (κ3) is 4.73. The van der Waals surface area contributed by atoms with Crippen molar-refractivity contribution < 1.29 is 19.4 Å². The van der Waals surface area contributed by atoms with Crippen molar-refractivity contribution in [3.05, 3.63) is 59.2 Å². The number of phenolic OH excluding ortho intramolecular Hbond substituents is 1. The van der Waals surface area contributed by atoms with E-state index in [4.69, 9.17) is 9.47 Å². The molecule has 1 fully saturated rings. The maximum Gasteiger partial charge on any atom is 0.255 e. The van der Waals surface area contributed by atoms with Gasteiger partial charge in [-0.05, 0) is 49.6 Å². The fraction of sp³-hybridized carbons (Fsp3) is 0.350. The lowest BCUT2D eigenvalue weighted by Gasteiger charge is -2.12. The lowest BCUT2D eigenvalue weighted by Crippen LogP contribution is -2.23. The Bertz CT molecular complexity index is 721. The van der Waals surface area contributed by atoms with Gasteiger partial charge < -0.3 is 19.9 Å². The number of hydrogen-bond acceptors (Lipinski definition) is 4. The molecule has 1 aliphatic rings. The SMILES string of the molecule is Cc1ccc(O)c(C(=O)NCc2ccc(OCC3CCCO3)cc2)c1. The van der Waals surface area contributed by atoms with Crippen LogP contribution in [-0.4, -0.2) is 30.3 Å². The van der Waals surface area contributed by atoms with Crippen LogP contribution in [0.25, 0.3) is 0 Å². The van der Waals surface area contributed by atoms with E-state index in [2.05, 4.69) is 5.32 Å². The van der Waals surface area contributed by atoms with Gasteiger partial charge in [0, 0.05) is 13.2 Å². The van der Waals surface area contributed by atoms with Crippen LogP contribution in [0, 0.1) is 6.92 Å². The fourth-order valence-corrected chi connectivity index (χ4v) is 2.78. The number of benzene rings is 2. The van der Waals surface area contributed by atoms with E-state index in [-0.39, 0.29) is 23.3 Å². The molecule has 0 radical (unpaired) electrons. The van der Waals surface area contributed by atoms with Gasteiger partial charge in [-0.15, -0.1) is 0 Å². The van der Waals surface area contributed by atoms with Crippen molar-refractivity contribution in [2.45, 2.75) is 32.4 Å². The van der Waals surface area contributed by atoms with E-state index in [1.165, 1.54) is 6.07 Å². The molecule has 1 heterocycles. The summed E-state index contributed by atoms with van der Waals surface area (Å²) < 4.78 is 11.3. The van der Waals surface area contributed by atoms with Crippen LogP contribution in [0.5, 0.6) is 11.5 Å². The molecule has 132 valence electrons. The van der Waals surface area contributed by atoms with Crippen LogP contribution in [0.2, 0.25) is 0 Å². The number of hydrogen-bond donors (Lipinski definition) is 2. The highest BCUT2D eigenvalue weighted by molar-refractivity contribution is 5.96. The topological polar surface area (TPSA) is 67.8 Å². The Hall–Kier alpha value is -2.53. The largest absolute Gasteiger partial charge is 0.507 e. The Morgan fingerprint density at radius 2 is 2.08 bits per heavy atom. The highest BCUT2D eigenvalue weighted by Crippen LogP contribution is 2.19. The molecule has 0 bridgehead atoms. The number of rotatable bonds is 6. The molecule has 25 heavy (non-hydrogen) atoms. The number of amides is 1. The van der Waals surface area contributed by atoms with Gasteiger partial charge in [0.25, 0.3) is 5.91 Å². The molecule has 1 atom stereocenters. The van der Waals surface area contributed by atoms with Gasteiger partial charge in [-0.25, -0.2) is 0 Å². The summed E-state index contributed by atoms with van der Waals surface area (Å²) in [7, 11) is 0. The van der Waals surface area contributed by atoms with E-state index in [0.29, 0.717) is 13.2 Å². The van der Waals surface area contributed by atoms with Gasteiger partial charge in [0.2, 0.25) is 0 Å². The summed E-state index contributed by atoms with van der Waals surface area (Å²) in [6.07, 6.45) is 2.35. The summed E-state index contributed by atoms with van der Waals surface area (Å²) in [4.78, 5) is 12.2. The first-order valence-corrected chi connectivity index (χ1v) is 8.53. The molecule has 0 aromatic heterocycles. The smallest absolute Gasteiger partial charge is 0.255 e. The van der Waals surface area contributed by atoms with Crippen molar-refractivity contribution in [2.24, 2.45) is 0 Å². The molecule has 1 amide bonds. The van der Waals surface area contributed by atoms with E-state index in [1.807, 2.05) is 31.2 Å². The minimum absolute atomic E-state index is 0.0130. The van der Waals surface area contributed by atoms with Crippen molar-refractivity contribution in [3.63, 3.8) is 0 Å². The van der Waals surface area contributed by atoms with Gasteiger partial charge in [-0.3, -0.25) is 4.79 Å². The summed E-state index contributed by atoms with van der Waals surface area (Å²) in [5.41, 5.74) is 2.18. The molecular formula is C20H23NO4. The zero-order valence-electron chi connectivity index (χ0n) is 14.3. The number of aryl methyl sites for hydroxylation is 1. The summed E-state index contributed by atoms with van der Waals surface area (Å²) in [6.45, 7) is 3.66. The predicted molar refractivity (Wildman–Crippen MR) is 94.9 cm³/mol. The monoisotopic (exact) mass is 341 g/mol. The number of carbonyl (C=O) groups excluding carboxylic acids is 1. The van der Waals surface area contributed by atoms with Gasteiger partial charge in [0.05, 0.1) is 11.7 Å². The summed E-state index contributed by atoms with van der Waals surface area (Å²) in [6, 6.07) is 12.6. The number of phenols is 1. The van der Waals surface area contributed by atoms with Crippen LogP contribution >= 0.6 is 0 Å². The van der Waals surface area contributed by atoms with Gasteiger partial charge in [0.1, 0.15) is 18.1 Å².